The molecule has 17 heavy (non-hydrogen) atoms. The summed E-state index contributed by atoms with van der Waals surface area (Å²) in [5.41, 5.74) is 2.80. The topological polar surface area (TPSA) is 68.0 Å². The van der Waals surface area contributed by atoms with Gasteiger partial charge in [0, 0.05) is 23.0 Å². The number of thioether (sulfide) groups is 1. The maximum absolute atomic E-state index is 10.5. The maximum atomic E-state index is 10.5. The first-order chi connectivity index (χ1) is 8.16. The van der Waals surface area contributed by atoms with E-state index in [4.69, 9.17) is 5.11 Å². The van der Waals surface area contributed by atoms with E-state index in [0.717, 1.165) is 15.7 Å². The Balaban J connectivity index is 2.14. The molecule has 0 aliphatic carbocycles. The van der Waals surface area contributed by atoms with Crippen LogP contribution in [0.3, 0.4) is 0 Å². The SMILES string of the molecule is Cc1cnc(SCC(=O)O)n1Cc1cncs1. The van der Waals surface area contributed by atoms with E-state index in [1.54, 1.807) is 23.0 Å². The molecule has 0 aromatic carbocycles. The Morgan fingerprint density at radius 3 is 3.06 bits per heavy atom. The van der Waals surface area contributed by atoms with Crippen LogP contribution >= 0.6 is 23.1 Å². The highest BCUT2D eigenvalue weighted by atomic mass is 32.2. The van der Waals surface area contributed by atoms with E-state index in [9.17, 15) is 4.79 Å². The van der Waals surface area contributed by atoms with Crippen molar-refractivity contribution in [2.45, 2.75) is 18.6 Å². The first-order valence-electron chi connectivity index (χ1n) is 4.91. The molecule has 2 aromatic heterocycles. The van der Waals surface area contributed by atoms with Crippen LogP contribution in [0.15, 0.2) is 23.1 Å². The number of aromatic nitrogens is 3. The number of carboxylic acids is 1. The van der Waals surface area contributed by atoms with Gasteiger partial charge in [0.05, 0.1) is 17.8 Å². The van der Waals surface area contributed by atoms with Gasteiger partial charge in [-0.1, -0.05) is 11.8 Å². The average molecular weight is 269 g/mol. The van der Waals surface area contributed by atoms with Crippen LogP contribution in [0.5, 0.6) is 0 Å². The second kappa shape index (κ2) is 5.33. The number of carbonyl (C=O) groups is 1. The van der Waals surface area contributed by atoms with Gasteiger partial charge in [0.2, 0.25) is 0 Å². The Morgan fingerprint density at radius 2 is 2.41 bits per heavy atom. The van der Waals surface area contributed by atoms with Crippen LogP contribution in [0.25, 0.3) is 0 Å². The molecule has 90 valence electrons. The fourth-order valence-corrected chi connectivity index (χ4v) is 2.68. The van der Waals surface area contributed by atoms with Crippen LogP contribution in [-0.2, 0) is 11.3 Å². The minimum atomic E-state index is -0.833. The van der Waals surface area contributed by atoms with Crippen LogP contribution < -0.4 is 0 Å². The number of aliphatic carboxylic acids is 1. The van der Waals surface area contributed by atoms with Crippen LogP contribution in [0.2, 0.25) is 0 Å². The molecule has 0 spiro atoms. The molecule has 0 saturated heterocycles. The molecule has 0 unspecified atom stereocenters. The summed E-state index contributed by atoms with van der Waals surface area (Å²) in [5, 5.41) is 9.40. The Hall–Kier alpha value is -1.34. The van der Waals surface area contributed by atoms with Crippen molar-refractivity contribution < 1.29 is 9.90 Å². The molecular weight excluding hydrogens is 258 g/mol. The Labute approximate surface area is 107 Å². The number of carboxylic acid groups (broad SMARTS) is 1. The molecule has 0 fully saturated rings. The number of hydrogen-bond donors (Lipinski definition) is 1. The van der Waals surface area contributed by atoms with E-state index in [2.05, 4.69) is 9.97 Å². The highest BCUT2D eigenvalue weighted by Gasteiger charge is 2.10. The van der Waals surface area contributed by atoms with Crippen molar-refractivity contribution >= 4 is 29.1 Å². The first kappa shape index (κ1) is 12.1. The van der Waals surface area contributed by atoms with E-state index < -0.39 is 5.97 Å². The third-order valence-corrected chi connectivity index (χ3v) is 3.88. The van der Waals surface area contributed by atoms with Gasteiger partial charge in [0.15, 0.2) is 5.16 Å². The summed E-state index contributed by atoms with van der Waals surface area (Å²) in [5.74, 6) is -0.806. The first-order valence-corrected chi connectivity index (χ1v) is 6.77. The van der Waals surface area contributed by atoms with Crippen molar-refractivity contribution in [1.82, 2.24) is 14.5 Å². The quantitative estimate of drug-likeness (QED) is 0.839. The molecule has 0 bridgehead atoms. The molecule has 0 saturated carbocycles. The number of hydrogen-bond acceptors (Lipinski definition) is 5. The normalized spacial score (nSPS) is 10.6. The van der Waals surface area contributed by atoms with Gasteiger partial charge >= 0.3 is 5.97 Å². The lowest BCUT2D eigenvalue weighted by molar-refractivity contribution is -0.133. The number of nitrogens with zero attached hydrogens (tertiary/aromatic N) is 3. The van der Waals surface area contributed by atoms with Crippen molar-refractivity contribution in [2.24, 2.45) is 0 Å². The summed E-state index contributed by atoms with van der Waals surface area (Å²) in [6.45, 7) is 2.65. The summed E-state index contributed by atoms with van der Waals surface area (Å²) in [6.07, 6.45) is 3.57. The number of aryl methyl sites for hydroxylation is 1. The van der Waals surface area contributed by atoms with Gasteiger partial charge in [-0.25, -0.2) is 4.98 Å². The van der Waals surface area contributed by atoms with Crippen LogP contribution in [0.1, 0.15) is 10.6 Å². The van der Waals surface area contributed by atoms with Gasteiger partial charge in [0.25, 0.3) is 0 Å². The zero-order valence-corrected chi connectivity index (χ0v) is 10.8. The average Bonchev–Trinajstić information content (AvgIpc) is 2.89. The van der Waals surface area contributed by atoms with Gasteiger partial charge in [-0.3, -0.25) is 9.78 Å². The monoisotopic (exact) mass is 269 g/mol. The summed E-state index contributed by atoms with van der Waals surface area (Å²) in [4.78, 5) is 19.9. The van der Waals surface area contributed by atoms with Crippen molar-refractivity contribution in [2.75, 3.05) is 5.75 Å². The number of rotatable bonds is 5. The lowest BCUT2D eigenvalue weighted by atomic mass is 10.5. The van der Waals surface area contributed by atoms with Gasteiger partial charge < -0.3 is 9.67 Å². The standard InChI is InChI=1S/C10H11N3O2S2/c1-7-2-12-10(16-5-9(14)15)13(7)4-8-3-11-6-17-8/h2-3,6H,4-5H2,1H3,(H,14,15). The fraction of sp³-hybridized carbons (Fsp3) is 0.300. The van der Waals surface area contributed by atoms with Gasteiger partial charge in [-0.15, -0.1) is 11.3 Å². The zero-order valence-electron chi connectivity index (χ0n) is 9.16. The molecule has 0 amide bonds. The lowest BCUT2D eigenvalue weighted by Gasteiger charge is -2.07. The van der Waals surface area contributed by atoms with E-state index in [1.165, 1.54) is 11.8 Å². The summed E-state index contributed by atoms with van der Waals surface area (Å²) < 4.78 is 2.00. The minimum Gasteiger partial charge on any atom is -0.481 e. The Morgan fingerprint density at radius 1 is 1.59 bits per heavy atom. The molecule has 7 heteroatoms. The highest BCUT2D eigenvalue weighted by molar-refractivity contribution is 7.99. The van der Waals surface area contributed by atoms with Crippen molar-refractivity contribution in [1.29, 1.82) is 0 Å². The molecule has 0 radical (unpaired) electrons. The summed E-state index contributed by atoms with van der Waals surface area (Å²) in [7, 11) is 0. The Kier molecular flexibility index (Phi) is 3.80. The third kappa shape index (κ3) is 3.07. The molecule has 0 atom stereocenters. The number of thiazole rings is 1. The van der Waals surface area contributed by atoms with Crippen molar-refractivity contribution in [3.05, 3.63) is 28.5 Å². The largest absolute Gasteiger partial charge is 0.481 e. The second-order valence-corrected chi connectivity index (χ2v) is 5.33. The molecule has 0 aliphatic heterocycles. The van der Waals surface area contributed by atoms with E-state index >= 15 is 0 Å². The van der Waals surface area contributed by atoms with Crippen LogP contribution in [0, 0.1) is 6.92 Å². The van der Waals surface area contributed by atoms with Gasteiger partial charge in [-0.2, -0.15) is 0 Å². The minimum absolute atomic E-state index is 0.0269. The molecule has 5 nitrogen and oxygen atoms in total. The summed E-state index contributed by atoms with van der Waals surface area (Å²) >= 11 is 2.81. The fourth-order valence-electron chi connectivity index (χ4n) is 1.35. The van der Waals surface area contributed by atoms with Gasteiger partial charge in [0.1, 0.15) is 0 Å². The van der Waals surface area contributed by atoms with Crippen molar-refractivity contribution in [3.63, 3.8) is 0 Å². The third-order valence-electron chi connectivity index (χ3n) is 2.14. The molecular formula is C10H11N3O2S2. The van der Waals surface area contributed by atoms with E-state index in [-0.39, 0.29) is 5.75 Å². The predicted octanol–water partition coefficient (Wildman–Crippen LogP) is 1.87. The predicted molar refractivity (Wildman–Crippen MR) is 66.5 cm³/mol. The smallest absolute Gasteiger partial charge is 0.313 e. The number of imidazole rings is 1. The Bertz CT molecular complexity index is 508. The molecule has 2 heterocycles. The second-order valence-electron chi connectivity index (χ2n) is 3.42. The molecule has 2 aromatic rings. The van der Waals surface area contributed by atoms with Gasteiger partial charge in [-0.05, 0) is 6.92 Å². The lowest BCUT2D eigenvalue weighted by Crippen LogP contribution is -2.05. The highest BCUT2D eigenvalue weighted by Crippen LogP contribution is 2.20. The maximum Gasteiger partial charge on any atom is 0.313 e. The van der Waals surface area contributed by atoms with Crippen molar-refractivity contribution in [3.8, 4) is 0 Å². The molecule has 1 N–H and O–H groups in total. The van der Waals surface area contributed by atoms with Crippen LogP contribution in [-0.4, -0.2) is 31.4 Å². The van der Waals surface area contributed by atoms with E-state index in [0.29, 0.717) is 6.54 Å². The molecule has 0 aliphatic rings. The summed E-state index contributed by atoms with van der Waals surface area (Å²) in [6, 6.07) is 0. The van der Waals surface area contributed by atoms with Crippen LogP contribution in [0.4, 0.5) is 0 Å². The zero-order chi connectivity index (χ0) is 12.3. The molecule has 2 rings (SSSR count). The van der Waals surface area contributed by atoms with E-state index in [1.807, 2.05) is 17.7 Å².